The van der Waals surface area contributed by atoms with E-state index >= 15 is 0 Å². The lowest BCUT2D eigenvalue weighted by Gasteiger charge is -2.14. The Hall–Kier alpha value is -2.20. The summed E-state index contributed by atoms with van der Waals surface area (Å²) in [5, 5.41) is 2.86. The quantitative estimate of drug-likeness (QED) is 0.741. The van der Waals surface area contributed by atoms with Crippen molar-refractivity contribution in [2.45, 2.75) is 44.6 Å². The number of nitrogens with two attached hydrogens (primary N) is 1. The molecule has 0 aromatic heterocycles. The van der Waals surface area contributed by atoms with Gasteiger partial charge in [-0.05, 0) is 61.9 Å². The van der Waals surface area contributed by atoms with Crippen molar-refractivity contribution in [3.8, 4) is 5.75 Å². The standard InChI is InChI=1S/C20H24N2O2.ClH/c21-18-10-3-4-11-19(18)22-20(23)13-12-15-6-5-9-17(14-15)24-16-7-1-2-8-16;/h3-6,9-11,14,16H,1-2,7-8,12-13,21H2,(H,22,23);1H. The number of para-hydroxylation sites is 2. The molecular formula is C20H25ClN2O2. The molecule has 134 valence electrons. The number of amides is 1. The highest BCUT2D eigenvalue weighted by molar-refractivity contribution is 5.93. The molecule has 0 aliphatic heterocycles. The van der Waals surface area contributed by atoms with E-state index < -0.39 is 0 Å². The Balaban J connectivity index is 0.00000225. The number of ether oxygens (including phenoxy) is 1. The number of carbonyl (C=O) groups excluding carboxylic acids is 1. The summed E-state index contributed by atoms with van der Waals surface area (Å²) in [5.74, 6) is 0.877. The maximum Gasteiger partial charge on any atom is 0.224 e. The first-order valence-corrected chi connectivity index (χ1v) is 8.60. The number of halogens is 1. The van der Waals surface area contributed by atoms with Crippen LogP contribution in [0.4, 0.5) is 11.4 Å². The normalized spacial score (nSPS) is 13.9. The van der Waals surface area contributed by atoms with Crippen molar-refractivity contribution in [1.29, 1.82) is 0 Å². The van der Waals surface area contributed by atoms with Crippen LogP contribution in [0, 0.1) is 0 Å². The monoisotopic (exact) mass is 360 g/mol. The van der Waals surface area contributed by atoms with Crippen LogP contribution in [0.5, 0.6) is 5.75 Å². The highest BCUT2D eigenvalue weighted by atomic mass is 35.5. The van der Waals surface area contributed by atoms with Crippen LogP contribution in [0.2, 0.25) is 0 Å². The number of nitrogen functional groups attached to an aromatic ring is 1. The molecule has 1 aliphatic rings. The number of hydrogen-bond donors (Lipinski definition) is 2. The molecule has 2 aromatic rings. The minimum absolute atomic E-state index is 0. The molecule has 0 radical (unpaired) electrons. The number of nitrogens with one attached hydrogen (secondary N) is 1. The van der Waals surface area contributed by atoms with Crippen molar-refractivity contribution < 1.29 is 9.53 Å². The first-order valence-electron chi connectivity index (χ1n) is 8.60. The Kier molecular flexibility index (Phi) is 7.14. The molecule has 1 aliphatic carbocycles. The summed E-state index contributed by atoms with van der Waals surface area (Å²) in [7, 11) is 0. The van der Waals surface area contributed by atoms with Gasteiger partial charge in [0.25, 0.3) is 0 Å². The summed E-state index contributed by atoms with van der Waals surface area (Å²) in [4.78, 5) is 12.1. The Morgan fingerprint density at radius 1 is 1.12 bits per heavy atom. The highest BCUT2D eigenvalue weighted by Gasteiger charge is 2.16. The summed E-state index contributed by atoms with van der Waals surface area (Å²) in [6.45, 7) is 0. The molecule has 4 nitrogen and oxygen atoms in total. The largest absolute Gasteiger partial charge is 0.490 e. The fraction of sp³-hybridized carbons (Fsp3) is 0.350. The van der Waals surface area contributed by atoms with Crippen LogP contribution in [-0.2, 0) is 11.2 Å². The number of benzene rings is 2. The van der Waals surface area contributed by atoms with E-state index in [1.807, 2.05) is 42.5 Å². The molecule has 3 N–H and O–H groups in total. The fourth-order valence-electron chi connectivity index (χ4n) is 3.05. The molecule has 1 fully saturated rings. The molecule has 1 saturated carbocycles. The van der Waals surface area contributed by atoms with Crippen LogP contribution in [0.1, 0.15) is 37.7 Å². The molecule has 5 heteroatoms. The average molecular weight is 361 g/mol. The zero-order valence-corrected chi connectivity index (χ0v) is 15.1. The van der Waals surface area contributed by atoms with Gasteiger partial charge in [-0.3, -0.25) is 4.79 Å². The maximum absolute atomic E-state index is 12.1. The van der Waals surface area contributed by atoms with Crippen molar-refractivity contribution in [3.63, 3.8) is 0 Å². The van der Waals surface area contributed by atoms with Gasteiger partial charge in [-0.15, -0.1) is 12.4 Å². The fourth-order valence-corrected chi connectivity index (χ4v) is 3.05. The van der Waals surface area contributed by atoms with Gasteiger partial charge in [-0.25, -0.2) is 0 Å². The summed E-state index contributed by atoms with van der Waals surface area (Å²) in [6, 6.07) is 15.4. The van der Waals surface area contributed by atoms with Gasteiger partial charge in [0.1, 0.15) is 5.75 Å². The van der Waals surface area contributed by atoms with Crippen molar-refractivity contribution in [3.05, 3.63) is 54.1 Å². The summed E-state index contributed by atoms with van der Waals surface area (Å²) in [6.07, 6.45) is 6.25. The van der Waals surface area contributed by atoms with Crippen LogP contribution in [0.25, 0.3) is 0 Å². The van der Waals surface area contributed by atoms with Crippen molar-refractivity contribution >= 4 is 29.7 Å². The third-order valence-corrected chi connectivity index (χ3v) is 4.38. The predicted octanol–water partition coefficient (Wildman–Crippen LogP) is 4.58. The molecule has 1 amide bonds. The molecule has 0 unspecified atom stereocenters. The minimum atomic E-state index is -0.0324. The average Bonchev–Trinajstić information content (AvgIpc) is 3.08. The van der Waals surface area contributed by atoms with Crippen molar-refractivity contribution in [1.82, 2.24) is 0 Å². The SMILES string of the molecule is Cl.Nc1ccccc1NC(=O)CCc1cccc(OC2CCCC2)c1. The number of carbonyl (C=O) groups is 1. The van der Waals surface area contributed by atoms with E-state index in [4.69, 9.17) is 10.5 Å². The number of anilines is 2. The summed E-state index contributed by atoms with van der Waals surface area (Å²) < 4.78 is 6.02. The van der Waals surface area contributed by atoms with Gasteiger partial charge in [0, 0.05) is 6.42 Å². The molecule has 2 aromatic carbocycles. The van der Waals surface area contributed by atoms with Crippen LogP contribution in [-0.4, -0.2) is 12.0 Å². The Labute approximate surface area is 155 Å². The smallest absolute Gasteiger partial charge is 0.224 e. The number of hydrogen-bond acceptors (Lipinski definition) is 3. The van der Waals surface area contributed by atoms with Gasteiger partial charge < -0.3 is 15.8 Å². The molecule has 3 rings (SSSR count). The van der Waals surface area contributed by atoms with E-state index in [9.17, 15) is 4.79 Å². The van der Waals surface area contributed by atoms with Crippen molar-refractivity contribution in [2.75, 3.05) is 11.1 Å². The molecular weight excluding hydrogens is 336 g/mol. The maximum atomic E-state index is 12.1. The number of aryl methyl sites for hydroxylation is 1. The van der Waals surface area contributed by atoms with Gasteiger partial charge >= 0.3 is 0 Å². The van der Waals surface area contributed by atoms with E-state index in [0.717, 1.165) is 24.2 Å². The second-order valence-electron chi connectivity index (χ2n) is 6.31. The lowest BCUT2D eigenvalue weighted by Crippen LogP contribution is -2.13. The van der Waals surface area contributed by atoms with Crippen LogP contribution in [0.3, 0.4) is 0 Å². The number of rotatable bonds is 6. The summed E-state index contributed by atoms with van der Waals surface area (Å²) in [5.41, 5.74) is 8.20. The zero-order chi connectivity index (χ0) is 16.8. The first kappa shape index (κ1) is 19.1. The van der Waals surface area contributed by atoms with E-state index in [1.165, 1.54) is 12.8 Å². The zero-order valence-electron chi connectivity index (χ0n) is 14.2. The second kappa shape index (κ2) is 9.33. The molecule has 0 spiro atoms. The van der Waals surface area contributed by atoms with Crippen molar-refractivity contribution in [2.24, 2.45) is 0 Å². The molecule has 25 heavy (non-hydrogen) atoms. The Morgan fingerprint density at radius 2 is 1.88 bits per heavy atom. The van der Waals surface area contributed by atoms with E-state index in [-0.39, 0.29) is 18.3 Å². The second-order valence-corrected chi connectivity index (χ2v) is 6.31. The molecule has 0 saturated heterocycles. The molecule has 0 heterocycles. The lowest BCUT2D eigenvalue weighted by atomic mass is 10.1. The van der Waals surface area contributed by atoms with Gasteiger partial charge in [0.15, 0.2) is 0 Å². The third-order valence-electron chi connectivity index (χ3n) is 4.38. The van der Waals surface area contributed by atoms with Gasteiger partial charge in [0.05, 0.1) is 17.5 Å². The van der Waals surface area contributed by atoms with Gasteiger partial charge in [0.2, 0.25) is 5.91 Å². The Bertz CT molecular complexity index is 700. The Morgan fingerprint density at radius 3 is 2.64 bits per heavy atom. The lowest BCUT2D eigenvalue weighted by molar-refractivity contribution is -0.116. The van der Waals surface area contributed by atoms with Crippen LogP contribution in [0.15, 0.2) is 48.5 Å². The van der Waals surface area contributed by atoms with Crippen LogP contribution >= 0.6 is 12.4 Å². The topological polar surface area (TPSA) is 64.3 Å². The highest BCUT2D eigenvalue weighted by Crippen LogP contribution is 2.25. The third kappa shape index (κ3) is 5.68. The minimum Gasteiger partial charge on any atom is -0.490 e. The van der Waals surface area contributed by atoms with E-state index in [1.54, 1.807) is 6.07 Å². The molecule has 0 bridgehead atoms. The van der Waals surface area contributed by atoms with E-state index in [0.29, 0.717) is 30.3 Å². The first-order chi connectivity index (χ1) is 11.7. The van der Waals surface area contributed by atoms with Gasteiger partial charge in [-0.2, -0.15) is 0 Å². The predicted molar refractivity (Wildman–Crippen MR) is 104 cm³/mol. The summed E-state index contributed by atoms with van der Waals surface area (Å²) >= 11 is 0. The van der Waals surface area contributed by atoms with E-state index in [2.05, 4.69) is 5.32 Å². The van der Waals surface area contributed by atoms with Crippen LogP contribution < -0.4 is 15.8 Å². The van der Waals surface area contributed by atoms with Gasteiger partial charge in [-0.1, -0.05) is 24.3 Å². The molecule has 0 atom stereocenters.